The lowest BCUT2D eigenvalue weighted by Gasteiger charge is -2.36. The van der Waals surface area contributed by atoms with E-state index < -0.39 is 15.8 Å². The van der Waals surface area contributed by atoms with E-state index in [0.717, 1.165) is 0 Å². The fraction of sp³-hybridized carbons (Fsp3) is 0.438. The standard InChI is InChI=1S/C64H84P2/c1-29-33(5)45(17)59(46(18)34(29)6)65(60-47(19)35(7)30(2)36(8)48(60)20)63-53(25)41(13)57(42(14)54(63)26)58-43(15)55(27)64(56(28)44(58)16)66(61-49(21)37(9)31(3)38(10)50(61)22)62-51(23)39(11)32(4)40(12)52(62)24/h1-28H3. The Bertz CT molecular complexity index is 2560. The summed E-state index contributed by atoms with van der Waals surface area (Å²) in [5, 5.41) is 9.37. The molecule has 0 aliphatic carbocycles. The molecule has 6 rings (SSSR count). The molecular formula is C64H84P2. The molecule has 0 atom stereocenters. The second kappa shape index (κ2) is 18.3. The minimum absolute atomic E-state index is 0.893. The smallest absolute Gasteiger partial charge is 0.00866 e. The van der Waals surface area contributed by atoms with Crippen LogP contribution in [0.15, 0.2) is 0 Å². The van der Waals surface area contributed by atoms with Crippen LogP contribution < -0.4 is 31.8 Å². The second-order valence-electron chi connectivity index (χ2n) is 21.0. The van der Waals surface area contributed by atoms with Gasteiger partial charge in [-0.1, -0.05) is 0 Å². The Kier molecular flexibility index (Phi) is 14.3. The lowest BCUT2D eigenvalue weighted by atomic mass is 9.83. The summed E-state index contributed by atoms with van der Waals surface area (Å²) < 4.78 is 0. The second-order valence-corrected chi connectivity index (χ2v) is 25.0. The molecule has 350 valence electrons. The van der Waals surface area contributed by atoms with Crippen molar-refractivity contribution in [2.24, 2.45) is 0 Å². The van der Waals surface area contributed by atoms with Gasteiger partial charge in [0.2, 0.25) is 0 Å². The highest BCUT2D eigenvalue weighted by atomic mass is 31.1. The van der Waals surface area contributed by atoms with Crippen LogP contribution in [-0.2, 0) is 0 Å². The Balaban J connectivity index is 1.77. The lowest BCUT2D eigenvalue weighted by Crippen LogP contribution is -2.33. The number of benzene rings is 6. The summed E-state index contributed by atoms with van der Waals surface area (Å²) in [6, 6.07) is 0. The van der Waals surface area contributed by atoms with E-state index >= 15 is 0 Å². The third kappa shape index (κ3) is 7.45. The molecule has 0 radical (unpaired) electrons. The van der Waals surface area contributed by atoms with Crippen molar-refractivity contribution >= 4 is 47.7 Å². The van der Waals surface area contributed by atoms with Crippen molar-refractivity contribution in [2.75, 3.05) is 0 Å². The van der Waals surface area contributed by atoms with Gasteiger partial charge in [0.25, 0.3) is 0 Å². The van der Waals surface area contributed by atoms with E-state index in [1.807, 2.05) is 0 Å². The quantitative estimate of drug-likeness (QED) is 0.140. The highest BCUT2D eigenvalue weighted by molar-refractivity contribution is 7.80. The van der Waals surface area contributed by atoms with E-state index in [1.165, 1.54) is 167 Å². The molecule has 0 amide bonds. The van der Waals surface area contributed by atoms with Gasteiger partial charge in [0, 0.05) is 0 Å². The van der Waals surface area contributed by atoms with Crippen LogP contribution in [0.2, 0.25) is 0 Å². The molecule has 0 unspecified atom stereocenters. The largest absolute Gasteiger partial charge is 0.0447 e. The zero-order valence-electron chi connectivity index (χ0n) is 46.9. The molecule has 0 aliphatic heterocycles. The first kappa shape index (κ1) is 51.6. The minimum Gasteiger partial charge on any atom is -0.0447 e. The van der Waals surface area contributed by atoms with Crippen molar-refractivity contribution in [1.29, 1.82) is 0 Å². The Hall–Kier alpha value is -3.82. The van der Waals surface area contributed by atoms with E-state index in [4.69, 9.17) is 0 Å². The van der Waals surface area contributed by atoms with E-state index in [0.29, 0.717) is 0 Å². The molecule has 6 aromatic rings. The van der Waals surface area contributed by atoms with Crippen LogP contribution >= 0.6 is 15.8 Å². The van der Waals surface area contributed by atoms with Gasteiger partial charge >= 0.3 is 0 Å². The SMILES string of the molecule is Cc1c(C)c(C)c(P(c2c(C)c(C)c(C)c(C)c2C)c2c(C)c(C)c(-c3c(C)c(C)c(P(c4c(C)c(C)c(C)c(C)c4C)c4c(C)c(C)c(C)c(C)c4C)c(C)c3C)c(C)c2C)c(C)c1C. The summed E-state index contributed by atoms with van der Waals surface area (Å²) in [7, 11) is -1.79. The highest BCUT2D eigenvalue weighted by Crippen LogP contribution is 2.49. The van der Waals surface area contributed by atoms with Crippen molar-refractivity contribution in [1.82, 2.24) is 0 Å². The van der Waals surface area contributed by atoms with Crippen LogP contribution in [0.1, 0.15) is 156 Å². The molecule has 66 heavy (non-hydrogen) atoms. The predicted molar refractivity (Wildman–Crippen MR) is 302 cm³/mol. The van der Waals surface area contributed by atoms with Gasteiger partial charge in [-0.25, -0.2) is 0 Å². The van der Waals surface area contributed by atoms with Crippen molar-refractivity contribution in [3.63, 3.8) is 0 Å². The summed E-state index contributed by atoms with van der Waals surface area (Å²) in [5.41, 5.74) is 43.4. The zero-order valence-corrected chi connectivity index (χ0v) is 48.7. The van der Waals surface area contributed by atoms with Crippen LogP contribution in [0.25, 0.3) is 11.1 Å². The van der Waals surface area contributed by atoms with E-state index in [9.17, 15) is 0 Å². The molecule has 0 fully saturated rings. The monoisotopic (exact) mass is 915 g/mol. The molecule has 6 aromatic carbocycles. The van der Waals surface area contributed by atoms with Gasteiger partial charge in [-0.3, -0.25) is 0 Å². The summed E-state index contributed by atoms with van der Waals surface area (Å²) >= 11 is 0. The minimum atomic E-state index is -0.893. The summed E-state index contributed by atoms with van der Waals surface area (Å²) in [6.07, 6.45) is 0. The average molecular weight is 915 g/mol. The van der Waals surface area contributed by atoms with Crippen LogP contribution in [0.5, 0.6) is 0 Å². The summed E-state index contributed by atoms with van der Waals surface area (Å²) in [5.74, 6) is 0. The maximum Gasteiger partial charge on any atom is -0.00866 e. The van der Waals surface area contributed by atoms with E-state index in [-0.39, 0.29) is 0 Å². The fourth-order valence-corrected chi connectivity index (χ4v) is 19.3. The average Bonchev–Trinajstić information content (AvgIpc) is 3.28. The predicted octanol–water partition coefficient (Wildman–Crippen LogP) is 15.5. The van der Waals surface area contributed by atoms with Crippen LogP contribution in [0.3, 0.4) is 0 Å². The molecule has 0 heterocycles. The van der Waals surface area contributed by atoms with Crippen molar-refractivity contribution in [3.8, 4) is 11.1 Å². The summed E-state index contributed by atoms with van der Waals surface area (Å²) in [6.45, 7) is 67.1. The van der Waals surface area contributed by atoms with Gasteiger partial charge in [-0.05, 0) is 408 Å². The molecule has 0 spiro atoms. The molecule has 0 bridgehead atoms. The molecule has 2 heteroatoms. The Morgan fingerprint density at radius 3 is 0.333 bits per heavy atom. The Morgan fingerprint density at radius 1 is 0.121 bits per heavy atom. The molecule has 0 aromatic heterocycles. The maximum atomic E-state index is 2.46. The van der Waals surface area contributed by atoms with E-state index in [2.05, 4.69) is 194 Å². The molecule has 0 aliphatic rings. The van der Waals surface area contributed by atoms with Gasteiger partial charge in [0.1, 0.15) is 0 Å². The first-order valence-electron chi connectivity index (χ1n) is 24.6. The lowest BCUT2D eigenvalue weighted by molar-refractivity contribution is 1.19. The molecule has 0 nitrogen and oxygen atoms in total. The van der Waals surface area contributed by atoms with Gasteiger partial charge in [-0.2, -0.15) is 0 Å². The Morgan fingerprint density at radius 2 is 0.212 bits per heavy atom. The maximum absolute atomic E-state index is 2.46. The van der Waals surface area contributed by atoms with Gasteiger partial charge in [-0.15, -0.1) is 0 Å². The van der Waals surface area contributed by atoms with Gasteiger partial charge < -0.3 is 0 Å². The first-order chi connectivity index (χ1) is 30.5. The van der Waals surface area contributed by atoms with Crippen molar-refractivity contribution < 1.29 is 0 Å². The highest BCUT2D eigenvalue weighted by Gasteiger charge is 2.35. The Labute approximate surface area is 406 Å². The van der Waals surface area contributed by atoms with Crippen LogP contribution in [0, 0.1) is 194 Å². The van der Waals surface area contributed by atoms with E-state index in [1.54, 1.807) is 31.8 Å². The fourth-order valence-electron chi connectivity index (χ4n) is 11.9. The molecule has 0 saturated heterocycles. The van der Waals surface area contributed by atoms with Gasteiger partial charge in [0.15, 0.2) is 0 Å². The third-order valence-electron chi connectivity index (χ3n) is 18.6. The topological polar surface area (TPSA) is 0 Å². The number of hydrogen-bond acceptors (Lipinski definition) is 0. The van der Waals surface area contributed by atoms with Crippen LogP contribution in [-0.4, -0.2) is 0 Å². The normalized spacial score (nSPS) is 11.9. The zero-order chi connectivity index (χ0) is 49.9. The van der Waals surface area contributed by atoms with Crippen molar-refractivity contribution in [2.45, 2.75) is 194 Å². The third-order valence-corrected chi connectivity index (χ3v) is 25.3. The first-order valence-corrected chi connectivity index (χ1v) is 27.3. The van der Waals surface area contributed by atoms with Crippen LogP contribution in [0.4, 0.5) is 0 Å². The van der Waals surface area contributed by atoms with Crippen molar-refractivity contribution in [3.05, 3.63) is 156 Å². The summed E-state index contributed by atoms with van der Waals surface area (Å²) in [4.78, 5) is 0. The number of hydrogen-bond donors (Lipinski definition) is 0. The molecule has 0 saturated carbocycles. The molecule has 0 N–H and O–H groups in total. The van der Waals surface area contributed by atoms with Gasteiger partial charge in [0.05, 0.1) is 0 Å². The number of rotatable bonds is 7. The molecular weight excluding hydrogens is 831 g/mol.